The molecule has 27 heavy (non-hydrogen) atoms. The maximum atomic E-state index is 8.85. The Hall–Kier alpha value is -3.43. The molecule has 0 saturated carbocycles. The standard InChI is InChI=1S/C20H14ClN5O/c1-12-10-13(6-5-9-22)14-7-3-4-8-15(14)17(12)27-19-16-11-26(2)25-18(16)23-20(21)24-19/h3-8,10-11H,1-2H3/b6-5+. The second-order valence-electron chi connectivity index (χ2n) is 6.06. The Labute approximate surface area is 160 Å². The van der Waals surface area contributed by atoms with E-state index in [0.29, 0.717) is 22.7 Å². The molecule has 0 unspecified atom stereocenters. The second-order valence-corrected chi connectivity index (χ2v) is 6.40. The average Bonchev–Trinajstić information content (AvgIpc) is 3.02. The van der Waals surface area contributed by atoms with Gasteiger partial charge in [-0.25, -0.2) is 0 Å². The van der Waals surface area contributed by atoms with Crippen molar-refractivity contribution in [3.8, 4) is 17.7 Å². The minimum Gasteiger partial charge on any atom is -0.437 e. The van der Waals surface area contributed by atoms with Crippen LogP contribution >= 0.6 is 11.6 Å². The molecule has 132 valence electrons. The fourth-order valence-corrected chi connectivity index (χ4v) is 3.22. The molecular formula is C20H14ClN5O. The number of aromatic nitrogens is 4. The van der Waals surface area contributed by atoms with Crippen molar-refractivity contribution in [3.63, 3.8) is 0 Å². The van der Waals surface area contributed by atoms with Gasteiger partial charge in [0.2, 0.25) is 11.2 Å². The first-order valence-electron chi connectivity index (χ1n) is 8.20. The van der Waals surface area contributed by atoms with Crippen LogP contribution in [0.4, 0.5) is 0 Å². The first kappa shape index (κ1) is 17.0. The number of nitrogens with zero attached hydrogens (tertiary/aromatic N) is 5. The van der Waals surface area contributed by atoms with E-state index in [0.717, 1.165) is 21.9 Å². The molecule has 0 fully saturated rings. The van der Waals surface area contributed by atoms with E-state index < -0.39 is 0 Å². The van der Waals surface area contributed by atoms with Gasteiger partial charge in [-0.15, -0.1) is 0 Å². The van der Waals surface area contributed by atoms with Crippen molar-refractivity contribution in [2.45, 2.75) is 6.92 Å². The summed E-state index contributed by atoms with van der Waals surface area (Å²) in [6.07, 6.45) is 5.05. The Morgan fingerprint density at radius 2 is 1.96 bits per heavy atom. The monoisotopic (exact) mass is 375 g/mol. The van der Waals surface area contributed by atoms with E-state index in [1.54, 1.807) is 24.0 Å². The van der Waals surface area contributed by atoms with Crippen LogP contribution in [0.5, 0.6) is 11.6 Å². The Morgan fingerprint density at radius 3 is 2.74 bits per heavy atom. The molecule has 0 aliphatic rings. The fourth-order valence-electron chi connectivity index (χ4n) is 3.06. The Bertz CT molecular complexity index is 1250. The van der Waals surface area contributed by atoms with Gasteiger partial charge in [-0.1, -0.05) is 24.3 Å². The normalized spacial score (nSPS) is 11.3. The number of hydrogen-bond donors (Lipinski definition) is 0. The molecule has 0 N–H and O–H groups in total. The van der Waals surface area contributed by atoms with Crippen LogP contribution < -0.4 is 4.74 Å². The highest BCUT2D eigenvalue weighted by atomic mass is 35.5. The van der Waals surface area contributed by atoms with Gasteiger partial charge in [0.25, 0.3) is 0 Å². The molecule has 2 aromatic carbocycles. The van der Waals surface area contributed by atoms with Gasteiger partial charge in [-0.3, -0.25) is 4.68 Å². The van der Waals surface area contributed by atoms with Crippen LogP contribution in [0.25, 0.3) is 27.9 Å². The summed E-state index contributed by atoms with van der Waals surface area (Å²) < 4.78 is 7.85. The van der Waals surface area contributed by atoms with Crippen molar-refractivity contribution in [1.82, 2.24) is 19.7 Å². The van der Waals surface area contributed by atoms with E-state index in [4.69, 9.17) is 21.6 Å². The summed E-state index contributed by atoms with van der Waals surface area (Å²) in [6.45, 7) is 1.95. The van der Waals surface area contributed by atoms with Crippen LogP contribution in [0.1, 0.15) is 11.1 Å². The zero-order valence-electron chi connectivity index (χ0n) is 14.6. The molecular weight excluding hydrogens is 362 g/mol. The zero-order valence-corrected chi connectivity index (χ0v) is 15.4. The van der Waals surface area contributed by atoms with Gasteiger partial charge in [-0.2, -0.15) is 20.3 Å². The van der Waals surface area contributed by atoms with Gasteiger partial charge in [-0.05, 0) is 47.2 Å². The van der Waals surface area contributed by atoms with Crippen LogP contribution in [-0.2, 0) is 7.05 Å². The smallest absolute Gasteiger partial charge is 0.234 e. The van der Waals surface area contributed by atoms with Crippen LogP contribution in [0.2, 0.25) is 5.28 Å². The molecule has 2 heterocycles. The van der Waals surface area contributed by atoms with Crippen LogP contribution in [0.15, 0.2) is 42.6 Å². The predicted molar refractivity (Wildman–Crippen MR) is 105 cm³/mol. The molecule has 0 spiro atoms. The molecule has 0 aliphatic carbocycles. The minimum absolute atomic E-state index is 0.0757. The summed E-state index contributed by atoms with van der Waals surface area (Å²) in [4.78, 5) is 8.39. The number of hydrogen-bond acceptors (Lipinski definition) is 5. The summed E-state index contributed by atoms with van der Waals surface area (Å²) in [6, 6.07) is 11.9. The quantitative estimate of drug-likeness (QED) is 0.379. The van der Waals surface area contributed by atoms with Crippen LogP contribution in [0.3, 0.4) is 0 Å². The number of ether oxygens (including phenoxy) is 1. The fraction of sp³-hybridized carbons (Fsp3) is 0.100. The molecule has 4 aromatic rings. The number of nitriles is 1. The summed E-state index contributed by atoms with van der Waals surface area (Å²) in [5.74, 6) is 1.03. The predicted octanol–water partition coefficient (Wildman–Crippen LogP) is 4.81. The van der Waals surface area contributed by atoms with E-state index in [1.165, 1.54) is 6.08 Å². The van der Waals surface area contributed by atoms with Crippen molar-refractivity contribution >= 4 is 39.5 Å². The summed E-state index contributed by atoms with van der Waals surface area (Å²) in [5.41, 5.74) is 2.34. The molecule has 0 bridgehead atoms. The molecule has 0 saturated heterocycles. The number of halogens is 1. The number of aryl methyl sites for hydroxylation is 2. The molecule has 0 amide bonds. The third-order valence-electron chi connectivity index (χ3n) is 4.18. The number of fused-ring (bicyclic) bond motifs is 2. The summed E-state index contributed by atoms with van der Waals surface area (Å²) >= 11 is 6.05. The van der Waals surface area contributed by atoms with Gasteiger partial charge in [0, 0.05) is 24.7 Å². The van der Waals surface area contributed by atoms with E-state index in [9.17, 15) is 0 Å². The lowest BCUT2D eigenvalue weighted by molar-refractivity contribution is 0.470. The van der Waals surface area contributed by atoms with Gasteiger partial charge < -0.3 is 4.74 Å². The molecule has 0 aliphatic heterocycles. The van der Waals surface area contributed by atoms with Crippen molar-refractivity contribution < 1.29 is 4.74 Å². The Morgan fingerprint density at radius 1 is 1.19 bits per heavy atom. The summed E-state index contributed by atoms with van der Waals surface area (Å²) in [7, 11) is 1.80. The number of benzene rings is 2. The van der Waals surface area contributed by atoms with Crippen molar-refractivity contribution in [1.29, 1.82) is 5.26 Å². The van der Waals surface area contributed by atoms with Crippen LogP contribution in [0, 0.1) is 18.3 Å². The maximum Gasteiger partial charge on any atom is 0.234 e. The molecule has 4 rings (SSSR count). The zero-order chi connectivity index (χ0) is 19.0. The lowest BCUT2D eigenvalue weighted by atomic mass is 9.99. The molecule has 0 radical (unpaired) electrons. The van der Waals surface area contributed by atoms with E-state index in [-0.39, 0.29) is 5.28 Å². The van der Waals surface area contributed by atoms with E-state index in [2.05, 4.69) is 15.1 Å². The SMILES string of the molecule is Cc1cc(/C=C/C#N)c2ccccc2c1Oc1nc(Cl)nc2nn(C)cc12. The van der Waals surface area contributed by atoms with Crippen LogP contribution in [-0.4, -0.2) is 19.7 Å². The second kappa shape index (κ2) is 6.71. The number of allylic oxidation sites excluding steroid dienone is 1. The lowest BCUT2D eigenvalue weighted by Crippen LogP contribution is -1.95. The van der Waals surface area contributed by atoms with Crippen molar-refractivity contribution in [3.05, 3.63) is 59.0 Å². The van der Waals surface area contributed by atoms with Crippen molar-refractivity contribution in [2.24, 2.45) is 7.05 Å². The van der Waals surface area contributed by atoms with Gasteiger partial charge in [0.15, 0.2) is 5.65 Å². The lowest BCUT2D eigenvalue weighted by Gasteiger charge is -2.14. The van der Waals surface area contributed by atoms with Gasteiger partial charge in [0.1, 0.15) is 11.1 Å². The average molecular weight is 376 g/mol. The molecule has 2 aromatic heterocycles. The molecule has 0 atom stereocenters. The summed E-state index contributed by atoms with van der Waals surface area (Å²) in [5, 5.41) is 15.8. The minimum atomic E-state index is 0.0757. The topological polar surface area (TPSA) is 76.6 Å². The Kier molecular flexibility index (Phi) is 4.22. The molecule has 6 nitrogen and oxygen atoms in total. The van der Waals surface area contributed by atoms with Crippen molar-refractivity contribution in [2.75, 3.05) is 0 Å². The van der Waals surface area contributed by atoms with Gasteiger partial charge in [0.05, 0.1) is 6.07 Å². The maximum absolute atomic E-state index is 8.85. The Balaban J connectivity index is 1.92. The number of rotatable bonds is 3. The van der Waals surface area contributed by atoms with E-state index >= 15 is 0 Å². The highest BCUT2D eigenvalue weighted by Gasteiger charge is 2.16. The highest BCUT2D eigenvalue weighted by molar-refractivity contribution is 6.28. The first-order chi connectivity index (χ1) is 13.1. The van der Waals surface area contributed by atoms with E-state index in [1.807, 2.05) is 43.3 Å². The molecule has 7 heteroatoms. The highest BCUT2D eigenvalue weighted by Crippen LogP contribution is 2.37. The third-order valence-corrected chi connectivity index (χ3v) is 4.35. The van der Waals surface area contributed by atoms with Gasteiger partial charge >= 0.3 is 0 Å². The largest absolute Gasteiger partial charge is 0.437 e. The first-order valence-corrected chi connectivity index (χ1v) is 8.58. The third kappa shape index (κ3) is 3.09.